The van der Waals surface area contributed by atoms with Crippen LogP contribution in [0, 0.1) is 0 Å². The van der Waals surface area contributed by atoms with E-state index < -0.39 is 12.1 Å². The lowest BCUT2D eigenvalue weighted by molar-refractivity contribution is -0.123. The van der Waals surface area contributed by atoms with Crippen molar-refractivity contribution in [3.8, 4) is 0 Å². The largest absolute Gasteiger partial charge is 0.449 e. The van der Waals surface area contributed by atoms with Gasteiger partial charge in [0.05, 0.1) is 5.56 Å². The fraction of sp³-hybridized carbons (Fsp3) is 0.150. The maximum atomic E-state index is 12.4. The predicted octanol–water partition coefficient (Wildman–Crippen LogP) is 4.14. The van der Waals surface area contributed by atoms with Gasteiger partial charge in [-0.2, -0.15) is 0 Å². The first-order valence-corrected chi connectivity index (χ1v) is 9.30. The number of anilines is 1. The first-order valence-electron chi connectivity index (χ1n) is 8.08. The number of nitrogens with one attached hydrogen (secondary N) is 1. The number of esters is 1. The molecule has 1 unspecified atom stereocenters. The van der Waals surface area contributed by atoms with Crippen LogP contribution in [-0.4, -0.2) is 29.2 Å². The second-order valence-corrected chi connectivity index (χ2v) is 6.45. The molecule has 0 spiro atoms. The van der Waals surface area contributed by atoms with Crippen molar-refractivity contribution in [2.45, 2.75) is 18.1 Å². The minimum atomic E-state index is -0.927. The first kappa shape index (κ1) is 17.9. The van der Waals surface area contributed by atoms with E-state index in [1.54, 1.807) is 25.3 Å². The Bertz CT molecular complexity index is 958. The monoisotopic (exact) mass is 366 g/mol. The highest BCUT2D eigenvalue weighted by atomic mass is 32.2. The van der Waals surface area contributed by atoms with Gasteiger partial charge in [-0.25, -0.2) is 9.78 Å². The fourth-order valence-corrected chi connectivity index (χ4v) is 3.03. The zero-order valence-corrected chi connectivity index (χ0v) is 15.2. The van der Waals surface area contributed by atoms with Crippen molar-refractivity contribution in [2.24, 2.45) is 0 Å². The molecule has 0 aliphatic carbocycles. The van der Waals surface area contributed by atoms with Gasteiger partial charge in [-0.3, -0.25) is 4.79 Å². The average Bonchev–Trinajstić information content (AvgIpc) is 2.67. The maximum Gasteiger partial charge on any atom is 0.341 e. The average molecular weight is 366 g/mol. The molecule has 1 aromatic heterocycles. The molecule has 1 atom stereocenters. The van der Waals surface area contributed by atoms with E-state index in [4.69, 9.17) is 4.74 Å². The van der Waals surface area contributed by atoms with Gasteiger partial charge in [-0.1, -0.05) is 30.3 Å². The highest BCUT2D eigenvalue weighted by molar-refractivity contribution is 7.98. The van der Waals surface area contributed by atoms with Gasteiger partial charge in [0.15, 0.2) is 6.10 Å². The molecule has 0 fully saturated rings. The van der Waals surface area contributed by atoms with Gasteiger partial charge in [0.2, 0.25) is 0 Å². The zero-order chi connectivity index (χ0) is 18.5. The summed E-state index contributed by atoms with van der Waals surface area (Å²) in [5.41, 5.74) is 1.01. The smallest absolute Gasteiger partial charge is 0.341 e. The summed E-state index contributed by atoms with van der Waals surface area (Å²) in [7, 11) is 0. The molecule has 1 heterocycles. The van der Waals surface area contributed by atoms with Gasteiger partial charge in [-0.05, 0) is 48.2 Å². The van der Waals surface area contributed by atoms with E-state index in [2.05, 4.69) is 10.3 Å². The molecule has 0 saturated carbocycles. The molecule has 0 aliphatic rings. The normalized spacial score (nSPS) is 11.8. The molecular formula is C20H18N2O3S. The summed E-state index contributed by atoms with van der Waals surface area (Å²) in [5.74, 6) is -0.952. The van der Waals surface area contributed by atoms with Crippen molar-refractivity contribution >= 4 is 40.1 Å². The number of carbonyl (C=O) groups excluding carboxylic acids is 2. The van der Waals surface area contributed by atoms with Gasteiger partial charge in [0.1, 0.15) is 5.03 Å². The minimum absolute atomic E-state index is 0.352. The van der Waals surface area contributed by atoms with E-state index in [0.717, 1.165) is 10.8 Å². The number of hydrogen-bond acceptors (Lipinski definition) is 5. The molecule has 2 aromatic carbocycles. The summed E-state index contributed by atoms with van der Waals surface area (Å²) < 4.78 is 5.30. The number of pyridine rings is 1. The van der Waals surface area contributed by atoms with Crippen LogP contribution in [0.2, 0.25) is 0 Å². The third-order valence-electron chi connectivity index (χ3n) is 3.85. The Labute approximate surface area is 155 Å². The molecule has 1 N–H and O–H groups in total. The van der Waals surface area contributed by atoms with E-state index in [-0.39, 0.29) is 5.91 Å². The molecule has 3 aromatic rings. The number of fused-ring (bicyclic) bond motifs is 1. The van der Waals surface area contributed by atoms with Crippen molar-refractivity contribution in [1.82, 2.24) is 4.98 Å². The minimum Gasteiger partial charge on any atom is -0.449 e. The Hall–Kier alpha value is -2.86. The number of benzene rings is 2. The number of ether oxygens (including phenoxy) is 1. The summed E-state index contributed by atoms with van der Waals surface area (Å²) in [5, 5.41) is 5.46. The lowest BCUT2D eigenvalue weighted by Crippen LogP contribution is -2.30. The second kappa shape index (κ2) is 8.01. The van der Waals surface area contributed by atoms with E-state index in [0.29, 0.717) is 16.3 Å². The molecule has 5 nitrogen and oxygen atoms in total. The molecular weight excluding hydrogens is 348 g/mol. The van der Waals surface area contributed by atoms with Crippen LogP contribution in [0.25, 0.3) is 10.8 Å². The lowest BCUT2D eigenvalue weighted by Gasteiger charge is -2.14. The molecule has 3 rings (SSSR count). The Balaban J connectivity index is 1.68. The second-order valence-electron chi connectivity index (χ2n) is 5.66. The van der Waals surface area contributed by atoms with Crippen LogP contribution in [0.15, 0.2) is 65.8 Å². The number of hydrogen-bond donors (Lipinski definition) is 1. The summed E-state index contributed by atoms with van der Waals surface area (Å²) in [4.78, 5) is 28.8. The van der Waals surface area contributed by atoms with Gasteiger partial charge in [0, 0.05) is 11.9 Å². The highest BCUT2D eigenvalue weighted by Crippen LogP contribution is 2.20. The summed E-state index contributed by atoms with van der Waals surface area (Å²) in [6.45, 7) is 1.55. The van der Waals surface area contributed by atoms with Crippen LogP contribution >= 0.6 is 11.8 Å². The van der Waals surface area contributed by atoms with Crippen LogP contribution in [0.3, 0.4) is 0 Å². The molecule has 0 saturated heterocycles. The predicted molar refractivity (Wildman–Crippen MR) is 103 cm³/mol. The third kappa shape index (κ3) is 4.03. The highest BCUT2D eigenvalue weighted by Gasteiger charge is 2.21. The SMILES string of the molecule is CSc1ncccc1C(=O)OC(C)C(=O)Nc1ccc2ccccc2c1. The van der Waals surface area contributed by atoms with E-state index in [9.17, 15) is 9.59 Å². The van der Waals surface area contributed by atoms with E-state index in [1.165, 1.54) is 11.8 Å². The molecule has 0 aliphatic heterocycles. The number of nitrogens with zero attached hydrogens (tertiary/aromatic N) is 1. The number of carbonyl (C=O) groups is 2. The Morgan fingerprint density at radius 1 is 1.08 bits per heavy atom. The summed E-state index contributed by atoms with van der Waals surface area (Å²) in [6.07, 6.45) is 2.51. The van der Waals surface area contributed by atoms with Crippen molar-refractivity contribution in [2.75, 3.05) is 11.6 Å². The fourth-order valence-electron chi connectivity index (χ4n) is 2.50. The summed E-state index contributed by atoms with van der Waals surface area (Å²) >= 11 is 1.35. The third-order valence-corrected chi connectivity index (χ3v) is 4.57. The lowest BCUT2D eigenvalue weighted by atomic mass is 10.1. The Morgan fingerprint density at radius 2 is 1.85 bits per heavy atom. The van der Waals surface area contributed by atoms with E-state index in [1.807, 2.05) is 48.7 Å². The standard InChI is InChI=1S/C20H18N2O3S/c1-13(25-20(24)17-8-5-11-21-19(17)26-2)18(23)22-16-10-9-14-6-3-4-7-15(14)12-16/h3-13H,1-2H3,(H,22,23). The van der Waals surface area contributed by atoms with Crippen LogP contribution in [0.4, 0.5) is 5.69 Å². The van der Waals surface area contributed by atoms with E-state index >= 15 is 0 Å². The van der Waals surface area contributed by atoms with Crippen LogP contribution in [0.1, 0.15) is 17.3 Å². The van der Waals surface area contributed by atoms with Gasteiger partial charge in [0.25, 0.3) is 5.91 Å². The van der Waals surface area contributed by atoms with Gasteiger partial charge in [-0.15, -0.1) is 11.8 Å². The van der Waals surface area contributed by atoms with Gasteiger partial charge < -0.3 is 10.1 Å². The Kier molecular flexibility index (Phi) is 5.53. The van der Waals surface area contributed by atoms with Crippen molar-refractivity contribution < 1.29 is 14.3 Å². The van der Waals surface area contributed by atoms with Crippen molar-refractivity contribution in [3.05, 3.63) is 66.4 Å². The Morgan fingerprint density at radius 3 is 2.62 bits per heavy atom. The van der Waals surface area contributed by atoms with Crippen LogP contribution in [-0.2, 0) is 9.53 Å². The molecule has 0 bridgehead atoms. The van der Waals surface area contributed by atoms with Crippen LogP contribution in [0.5, 0.6) is 0 Å². The molecule has 26 heavy (non-hydrogen) atoms. The number of thioether (sulfide) groups is 1. The molecule has 132 valence electrons. The summed E-state index contributed by atoms with van der Waals surface area (Å²) in [6, 6.07) is 16.8. The molecule has 6 heteroatoms. The zero-order valence-electron chi connectivity index (χ0n) is 14.4. The first-order chi connectivity index (χ1) is 12.6. The molecule has 0 radical (unpaired) electrons. The topological polar surface area (TPSA) is 68.3 Å². The van der Waals surface area contributed by atoms with Crippen molar-refractivity contribution in [1.29, 1.82) is 0 Å². The molecule has 1 amide bonds. The number of amides is 1. The van der Waals surface area contributed by atoms with Crippen molar-refractivity contribution in [3.63, 3.8) is 0 Å². The maximum absolute atomic E-state index is 12.4. The van der Waals surface area contributed by atoms with Gasteiger partial charge >= 0.3 is 5.97 Å². The number of rotatable bonds is 5. The number of aromatic nitrogens is 1. The quantitative estimate of drug-likeness (QED) is 0.543. The van der Waals surface area contributed by atoms with Crippen LogP contribution < -0.4 is 5.32 Å².